The van der Waals surface area contributed by atoms with Gasteiger partial charge in [-0.1, -0.05) is 30.3 Å². The molecule has 0 amide bonds. The summed E-state index contributed by atoms with van der Waals surface area (Å²) in [5, 5.41) is 0. The maximum absolute atomic E-state index is 12.4. The normalized spacial score (nSPS) is 12.1. The summed E-state index contributed by atoms with van der Waals surface area (Å²) in [6.45, 7) is 0. The van der Waals surface area contributed by atoms with E-state index in [9.17, 15) is 16.8 Å². The van der Waals surface area contributed by atoms with Crippen LogP contribution in [-0.2, 0) is 25.6 Å². The van der Waals surface area contributed by atoms with Crippen molar-refractivity contribution < 1.29 is 16.8 Å². The van der Waals surface area contributed by atoms with Crippen molar-refractivity contribution in [1.82, 2.24) is 0 Å². The third-order valence-corrected chi connectivity index (χ3v) is 6.11. The fourth-order valence-corrected chi connectivity index (χ4v) is 3.83. The van der Waals surface area contributed by atoms with E-state index in [-0.39, 0.29) is 10.6 Å². The highest BCUT2D eigenvalue weighted by atomic mass is 32.2. The van der Waals surface area contributed by atoms with E-state index >= 15 is 0 Å². The van der Waals surface area contributed by atoms with Gasteiger partial charge in [-0.15, -0.1) is 0 Å². The lowest BCUT2D eigenvalue weighted by Crippen LogP contribution is -2.27. The van der Waals surface area contributed by atoms with E-state index in [2.05, 4.69) is 0 Å². The molecule has 2 aromatic carbocycles. The minimum absolute atomic E-state index is 0.113. The fourth-order valence-electron chi connectivity index (χ4n) is 1.95. The van der Waals surface area contributed by atoms with Gasteiger partial charge in [0.2, 0.25) is 10.0 Å². The number of benzene rings is 2. The zero-order valence-corrected chi connectivity index (χ0v) is 13.9. The topological polar surface area (TPSA) is 71.5 Å². The van der Waals surface area contributed by atoms with Crippen LogP contribution in [0.2, 0.25) is 0 Å². The number of sulfone groups is 1. The van der Waals surface area contributed by atoms with Gasteiger partial charge < -0.3 is 0 Å². The van der Waals surface area contributed by atoms with Crippen molar-refractivity contribution in [2.45, 2.75) is 10.6 Å². The molecule has 0 spiro atoms. The molecular formula is C15H17NO4S2. The summed E-state index contributed by atoms with van der Waals surface area (Å²) in [4.78, 5) is 0.158. The second-order valence-electron chi connectivity index (χ2n) is 4.98. The molecule has 22 heavy (non-hydrogen) atoms. The molecule has 0 N–H and O–H groups in total. The van der Waals surface area contributed by atoms with Crippen LogP contribution in [0, 0.1) is 0 Å². The van der Waals surface area contributed by atoms with Gasteiger partial charge in [0.25, 0.3) is 0 Å². The van der Waals surface area contributed by atoms with E-state index in [0.717, 1.165) is 10.6 Å². The Morgan fingerprint density at radius 2 is 1.41 bits per heavy atom. The molecule has 7 heteroatoms. The summed E-state index contributed by atoms with van der Waals surface area (Å²) in [6.07, 6.45) is 1.11. The van der Waals surface area contributed by atoms with E-state index in [1.54, 1.807) is 24.3 Å². The van der Waals surface area contributed by atoms with Crippen molar-refractivity contribution in [2.75, 3.05) is 17.6 Å². The largest absolute Gasteiger partial charge is 0.273 e. The number of anilines is 1. The Morgan fingerprint density at radius 3 is 1.91 bits per heavy atom. The highest BCUT2D eigenvalue weighted by Crippen LogP contribution is 2.21. The molecule has 0 aliphatic heterocycles. The predicted octanol–water partition coefficient (Wildman–Crippen LogP) is 2.06. The van der Waals surface area contributed by atoms with E-state index in [0.29, 0.717) is 11.3 Å². The first-order chi connectivity index (χ1) is 10.2. The second-order valence-corrected chi connectivity index (χ2v) is 8.99. The molecule has 2 rings (SSSR count). The zero-order chi connectivity index (χ0) is 16.4. The van der Waals surface area contributed by atoms with Crippen LogP contribution in [0.5, 0.6) is 0 Å². The molecular weight excluding hydrogens is 322 g/mol. The van der Waals surface area contributed by atoms with Crippen molar-refractivity contribution in [1.29, 1.82) is 0 Å². The lowest BCUT2D eigenvalue weighted by atomic mass is 10.2. The Balaban J connectivity index is 2.25. The van der Waals surface area contributed by atoms with E-state index in [1.807, 2.05) is 6.07 Å². The maximum Gasteiger partial charge on any atom is 0.239 e. The first-order valence-electron chi connectivity index (χ1n) is 6.51. The summed E-state index contributed by atoms with van der Waals surface area (Å²) >= 11 is 0. The van der Waals surface area contributed by atoms with Gasteiger partial charge in [0.15, 0.2) is 9.84 Å². The second kappa shape index (κ2) is 6.10. The Kier molecular flexibility index (Phi) is 4.58. The van der Waals surface area contributed by atoms with Crippen LogP contribution in [0.15, 0.2) is 59.5 Å². The molecule has 0 aliphatic rings. The standard InChI is InChI=1S/C15H17NO4S2/c1-16(14-8-10-15(11-9-14)21(2,17)18)22(19,20)12-13-6-4-3-5-7-13/h3-11H,12H2,1-2H3. The molecule has 5 nitrogen and oxygen atoms in total. The third kappa shape index (κ3) is 3.86. The Morgan fingerprint density at radius 1 is 0.864 bits per heavy atom. The van der Waals surface area contributed by atoms with Gasteiger partial charge in [0, 0.05) is 13.3 Å². The Bertz CT molecular complexity index is 842. The lowest BCUT2D eigenvalue weighted by molar-refractivity contribution is 0.593. The summed E-state index contributed by atoms with van der Waals surface area (Å²) < 4.78 is 48.8. The monoisotopic (exact) mass is 339 g/mol. The first-order valence-corrected chi connectivity index (χ1v) is 10.0. The van der Waals surface area contributed by atoms with Crippen LogP contribution >= 0.6 is 0 Å². The van der Waals surface area contributed by atoms with E-state index in [4.69, 9.17) is 0 Å². The van der Waals surface area contributed by atoms with Crippen molar-refractivity contribution in [3.63, 3.8) is 0 Å². The number of sulfonamides is 1. The molecule has 0 saturated heterocycles. The van der Waals surface area contributed by atoms with Crippen LogP contribution in [0.1, 0.15) is 5.56 Å². The minimum atomic E-state index is -3.53. The summed E-state index contributed by atoms with van der Waals surface area (Å²) in [6, 6.07) is 14.7. The van der Waals surface area contributed by atoms with Crippen molar-refractivity contribution in [3.05, 3.63) is 60.2 Å². The molecule has 0 aromatic heterocycles. The SMILES string of the molecule is CN(c1ccc(S(C)(=O)=O)cc1)S(=O)(=O)Cc1ccccc1. The van der Waals surface area contributed by atoms with Crippen LogP contribution in [0.3, 0.4) is 0 Å². The Labute approximate surface area is 131 Å². The molecule has 0 saturated carbocycles. The number of rotatable bonds is 5. The van der Waals surface area contributed by atoms with E-state index in [1.165, 1.54) is 31.3 Å². The molecule has 0 aliphatic carbocycles. The molecule has 0 radical (unpaired) electrons. The van der Waals surface area contributed by atoms with Crippen molar-refractivity contribution in [2.24, 2.45) is 0 Å². The van der Waals surface area contributed by atoms with Gasteiger partial charge in [0.05, 0.1) is 16.3 Å². The fraction of sp³-hybridized carbons (Fsp3) is 0.200. The van der Waals surface area contributed by atoms with Crippen LogP contribution in [0.25, 0.3) is 0 Å². The van der Waals surface area contributed by atoms with Gasteiger partial charge in [-0.3, -0.25) is 4.31 Å². The number of hydrogen-bond acceptors (Lipinski definition) is 4. The zero-order valence-electron chi connectivity index (χ0n) is 12.3. The van der Waals surface area contributed by atoms with Gasteiger partial charge >= 0.3 is 0 Å². The highest BCUT2D eigenvalue weighted by molar-refractivity contribution is 7.92. The van der Waals surface area contributed by atoms with Gasteiger partial charge in [-0.05, 0) is 29.8 Å². The average molecular weight is 339 g/mol. The smallest absolute Gasteiger partial charge is 0.239 e. The lowest BCUT2D eigenvalue weighted by Gasteiger charge is -2.19. The van der Waals surface area contributed by atoms with E-state index < -0.39 is 19.9 Å². The Hall–Kier alpha value is -1.86. The van der Waals surface area contributed by atoms with Gasteiger partial charge in [0.1, 0.15) is 0 Å². The molecule has 118 valence electrons. The molecule has 0 atom stereocenters. The molecule has 0 heterocycles. The van der Waals surface area contributed by atoms with Crippen LogP contribution in [-0.4, -0.2) is 30.1 Å². The molecule has 0 bridgehead atoms. The highest BCUT2D eigenvalue weighted by Gasteiger charge is 2.19. The van der Waals surface area contributed by atoms with Crippen molar-refractivity contribution >= 4 is 25.5 Å². The number of hydrogen-bond donors (Lipinski definition) is 0. The van der Waals surface area contributed by atoms with Crippen LogP contribution in [0.4, 0.5) is 5.69 Å². The number of nitrogens with zero attached hydrogens (tertiary/aromatic N) is 1. The summed E-state index contributed by atoms with van der Waals surface area (Å²) in [5.41, 5.74) is 1.12. The minimum Gasteiger partial charge on any atom is -0.273 e. The quantitative estimate of drug-likeness (QED) is 0.836. The van der Waals surface area contributed by atoms with Gasteiger partial charge in [-0.2, -0.15) is 0 Å². The van der Waals surface area contributed by atoms with Crippen LogP contribution < -0.4 is 4.31 Å². The third-order valence-electron chi connectivity index (χ3n) is 3.24. The molecule has 0 fully saturated rings. The first kappa shape index (κ1) is 16.5. The van der Waals surface area contributed by atoms with Crippen molar-refractivity contribution in [3.8, 4) is 0 Å². The molecule has 2 aromatic rings. The maximum atomic E-state index is 12.4. The summed E-state index contributed by atoms with van der Waals surface area (Å²) in [5.74, 6) is -0.113. The average Bonchev–Trinajstić information content (AvgIpc) is 2.46. The molecule has 0 unspecified atom stereocenters. The van der Waals surface area contributed by atoms with Gasteiger partial charge in [-0.25, -0.2) is 16.8 Å². The summed E-state index contributed by atoms with van der Waals surface area (Å²) in [7, 11) is -5.38. The predicted molar refractivity (Wildman–Crippen MR) is 87.0 cm³/mol.